The van der Waals surface area contributed by atoms with Crippen LogP contribution in [0.1, 0.15) is 30.5 Å². The van der Waals surface area contributed by atoms with Gasteiger partial charge in [0.05, 0.1) is 6.21 Å². The summed E-state index contributed by atoms with van der Waals surface area (Å²) in [5, 5.41) is 14.0. The molecule has 6 heteroatoms. The molecule has 0 atom stereocenters. The van der Waals surface area contributed by atoms with E-state index in [9.17, 15) is 9.90 Å². The predicted octanol–water partition coefficient (Wildman–Crippen LogP) is 3.38. The van der Waals surface area contributed by atoms with Gasteiger partial charge in [-0.05, 0) is 57.0 Å². The molecule has 0 aliphatic carbocycles. The van der Waals surface area contributed by atoms with Crippen LogP contribution in [0.5, 0.6) is 11.5 Å². The van der Waals surface area contributed by atoms with Crippen molar-refractivity contribution in [1.29, 1.82) is 0 Å². The van der Waals surface area contributed by atoms with Gasteiger partial charge in [-0.1, -0.05) is 12.1 Å². The molecule has 6 nitrogen and oxygen atoms in total. The van der Waals surface area contributed by atoms with Crippen molar-refractivity contribution in [3.8, 4) is 11.5 Å². The van der Waals surface area contributed by atoms with Crippen LogP contribution >= 0.6 is 0 Å². The van der Waals surface area contributed by atoms with Gasteiger partial charge in [0.25, 0.3) is 5.91 Å². The van der Waals surface area contributed by atoms with E-state index >= 15 is 0 Å². The number of carbonyl (C=O) groups excluding carboxylic acids is 1. The number of hydrazone groups is 1. The van der Waals surface area contributed by atoms with Crippen molar-refractivity contribution in [3.63, 3.8) is 0 Å². The van der Waals surface area contributed by atoms with Crippen molar-refractivity contribution in [2.75, 3.05) is 24.6 Å². The molecule has 0 aliphatic rings. The van der Waals surface area contributed by atoms with Crippen molar-refractivity contribution in [3.05, 3.63) is 53.1 Å². The van der Waals surface area contributed by atoms with Gasteiger partial charge < -0.3 is 14.7 Å². The van der Waals surface area contributed by atoms with Gasteiger partial charge in [0.1, 0.15) is 11.5 Å². The molecule has 0 radical (unpaired) electrons. The number of aryl methyl sites for hydroxylation is 1. The Morgan fingerprint density at radius 1 is 1.22 bits per heavy atom. The van der Waals surface area contributed by atoms with Crippen LogP contribution in [-0.4, -0.2) is 36.9 Å². The number of nitrogens with zero attached hydrogens (tertiary/aromatic N) is 2. The average molecular weight is 369 g/mol. The van der Waals surface area contributed by atoms with Crippen LogP contribution in [0, 0.1) is 13.8 Å². The SMILES string of the molecule is CCN(CC)c1ccc(/C=N/NC(=O)COc2cccc(C)c2C)c(O)c1. The zero-order valence-electron chi connectivity index (χ0n) is 16.3. The summed E-state index contributed by atoms with van der Waals surface area (Å²) >= 11 is 0. The summed E-state index contributed by atoms with van der Waals surface area (Å²) in [6, 6.07) is 11.1. The van der Waals surface area contributed by atoms with E-state index in [1.807, 2.05) is 38.1 Å². The Kier molecular flexibility index (Phi) is 7.23. The van der Waals surface area contributed by atoms with Crippen molar-refractivity contribution in [1.82, 2.24) is 5.43 Å². The summed E-state index contributed by atoms with van der Waals surface area (Å²) in [4.78, 5) is 14.0. The molecular weight excluding hydrogens is 342 g/mol. The fraction of sp³-hybridized carbons (Fsp3) is 0.333. The molecule has 27 heavy (non-hydrogen) atoms. The van der Waals surface area contributed by atoms with Crippen molar-refractivity contribution in [2.45, 2.75) is 27.7 Å². The lowest BCUT2D eigenvalue weighted by molar-refractivity contribution is -0.123. The number of benzene rings is 2. The molecule has 0 fully saturated rings. The normalized spacial score (nSPS) is 10.8. The minimum Gasteiger partial charge on any atom is -0.507 e. The maximum absolute atomic E-state index is 11.9. The maximum Gasteiger partial charge on any atom is 0.277 e. The smallest absolute Gasteiger partial charge is 0.277 e. The number of phenolic OH excluding ortho intramolecular Hbond substituents is 1. The second-order valence-corrected chi connectivity index (χ2v) is 6.20. The zero-order chi connectivity index (χ0) is 19.8. The van der Waals surface area contributed by atoms with Crippen LogP contribution < -0.4 is 15.1 Å². The Bertz CT molecular complexity index is 814. The number of amides is 1. The lowest BCUT2D eigenvalue weighted by Crippen LogP contribution is -2.24. The number of ether oxygens (including phenoxy) is 1. The summed E-state index contributed by atoms with van der Waals surface area (Å²) in [5.41, 5.74) is 5.99. The van der Waals surface area contributed by atoms with Gasteiger partial charge in [-0.25, -0.2) is 5.43 Å². The highest BCUT2D eigenvalue weighted by atomic mass is 16.5. The van der Waals surface area contributed by atoms with E-state index in [4.69, 9.17) is 4.74 Å². The van der Waals surface area contributed by atoms with Crippen molar-refractivity contribution >= 4 is 17.8 Å². The number of hydrogen-bond donors (Lipinski definition) is 2. The standard InChI is InChI=1S/C21H27N3O3/c1-5-24(6-2)18-11-10-17(19(25)12-18)13-22-23-21(26)14-27-20-9-7-8-15(3)16(20)4/h7-13,25H,5-6,14H2,1-4H3,(H,23,26)/b22-13+. The van der Waals surface area contributed by atoms with Crippen LogP contribution in [0.4, 0.5) is 5.69 Å². The second kappa shape index (κ2) is 9.62. The number of carbonyl (C=O) groups is 1. The zero-order valence-corrected chi connectivity index (χ0v) is 16.3. The van der Waals surface area contributed by atoms with Gasteiger partial charge in [-0.15, -0.1) is 0 Å². The van der Waals surface area contributed by atoms with Crippen LogP contribution in [0.15, 0.2) is 41.5 Å². The number of anilines is 1. The number of phenols is 1. The van der Waals surface area contributed by atoms with Gasteiger partial charge >= 0.3 is 0 Å². The molecule has 2 aromatic carbocycles. The topological polar surface area (TPSA) is 74.2 Å². The van der Waals surface area contributed by atoms with E-state index < -0.39 is 0 Å². The van der Waals surface area contributed by atoms with Crippen LogP contribution in [-0.2, 0) is 4.79 Å². The molecule has 0 aromatic heterocycles. The Morgan fingerprint density at radius 3 is 2.63 bits per heavy atom. The van der Waals surface area contributed by atoms with E-state index in [-0.39, 0.29) is 18.3 Å². The number of rotatable bonds is 8. The second-order valence-electron chi connectivity index (χ2n) is 6.20. The summed E-state index contributed by atoms with van der Waals surface area (Å²) in [7, 11) is 0. The Morgan fingerprint density at radius 2 is 1.96 bits per heavy atom. The Labute approximate surface area is 160 Å². The molecule has 1 amide bonds. The first-order valence-corrected chi connectivity index (χ1v) is 9.05. The van der Waals surface area contributed by atoms with Gasteiger partial charge in [0.2, 0.25) is 0 Å². The van der Waals surface area contributed by atoms with Crippen LogP contribution in [0.3, 0.4) is 0 Å². The fourth-order valence-electron chi connectivity index (χ4n) is 2.66. The lowest BCUT2D eigenvalue weighted by atomic mass is 10.1. The highest BCUT2D eigenvalue weighted by Gasteiger charge is 2.07. The van der Waals surface area contributed by atoms with Crippen molar-refractivity contribution in [2.24, 2.45) is 5.10 Å². The van der Waals surface area contributed by atoms with E-state index in [2.05, 4.69) is 29.3 Å². The third-order valence-electron chi connectivity index (χ3n) is 4.45. The third-order valence-corrected chi connectivity index (χ3v) is 4.45. The molecule has 0 heterocycles. The highest BCUT2D eigenvalue weighted by molar-refractivity contribution is 5.86. The Balaban J connectivity index is 1.91. The molecule has 144 valence electrons. The van der Waals surface area contributed by atoms with E-state index in [1.54, 1.807) is 12.1 Å². The molecule has 2 N–H and O–H groups in total. The molecule has 2 aromatic rings. The van der Waals surface area contributed by atoms with Gasteiger partial charge in [-0.3, -0.25) is 4.79 Å². The average Bonchev–Trinajstić information content (AvgIpc) is 2.65. The van der Waals surface area contributed by atoms with Gasteiger partial charge in [-0.2, -0.15) is 5.10 Å². The molecule has 0 bridgehead atoms. The highest BCUT2D eigenvalue weighted by Crippen LogP contribution is 2.23. The fourth-order valence-corrected chi connectivity index (χ4v) is 2.66. The molecular formula is C21H27N3O3. The first kappa shape index (κ1) is 20.3. The van der Waals surface area contributed by atoms with E-state index in [1.165, 1.54) is 6.21 Å². The minimum atomic E-state index is -0.369. The summed E-state index contributed by atoms with van der Waals surface area (Å²) in [5.74, 6) is 0.425. The van der Waals surface area contributed by atoms with Crippen molar-refractivity contribution < 1.29 is 14.6 Å². The molecule has 0 spiro atoms. The van der Waals surface area contributed by atoms with E-state index in [0.717, 1.165) is 29.9 Å². The summed E-state index contributed by atoms with van der Waals surface area (Å²) in [6.45, 7) is 9.65. The van der Waals surface area contributed by atoms with Gasteiger partial charge in [0, 0.05) is 30.4 Å². The molecule has 0 saturated heterocycles. The van der Waals surface area contributed by atoms with Gasteiger partial charge in [0.15, 0.2) is 6.61 Å². The number of nitrogens with one attached hydrogen (secondary N) is 1. The molecule has 2 rings (SSSR count). The number of hydrogen-bond acceptors (Lipinski definition) is 5. The largest absolute Gasteiger partial charge is 0.507 e. The van der Waals surface area contributed by atoms with E-state index in [0.29, 0.717) is 11.3 Å². The quantitative estimate of drug-likeness (QED) is 0.553. The first-order valence-electron chi connectivity index (χ1n) is 9.05. The number of aromatic hydroxyl groups is 1. The summed E-state index contributed by atoms with van der Waals surface area (Å²) in [6.07, 6.45) is 1.41. The summed E-state index contributed by atoms with van der Waals surface area (Å²) < 4.78 is 5.53. The Hall–Kier alpha value is -3.02. The minimum absolute atomic E-state index is 0.115. The third kappa shape index (κ3) is 5.48. The first-order chi connectivity index (χ1) is 13.0. The van der Waals surface area contributed by atoms with Crippen LogP contribution in [0.25, 0.3) is 0 Å². The molecule has 0 unspecified atom stereocenters. The maximum atomic E-state index is 11.9. The molecule has 0 saturated carbocycles. The predicted molar refractivity (Wildman–Crippen MR) is 109 cm³/mol. The molecule has 0 aliphatic heterocycles. The van der Waals surface area contributed by atoms with Crippen LogP contribution in [0.2, 0.25) is 0 Å². The monoisotopic (exact) mass is 369 g/mol. The lowest BCUT2D eigenvalue weighted by Gasteiger charge is -2.21.